The third-order valence-corrected chi connectivity index (χ3v) is 3.15. The summed E-state index contributed by atoms with van der Waals surface area (Å²) < 4.78 is 5.10. The Hall–Kier alpha value is -1.26. The van der Waals surface area contributed by atoms with Crippen LogP contribution >= 0.6 is 0 Å². The van der Waals surface area contributed by atoms with Gasteiger partial charge >= 0.3 is 6.09 Å². The number of rotatable bonds is 5. The van der Waals surface area contributed by atoms with Gasteiger partial charge in [0.15, 0.2) is 0 Å². The first-order valence-corrected chi connectivity index (χ1v) is 6.96. The van der Waals surface area contributed by atoms with E-state index in [0.717, 1.165) is 5.92 Å². The Morgan fingerprint density at radius 3 is 2.32 bits per heavy atom. The highest BCUT2D eigenvalue weighted by atomic mass is 16.6. The molecule has 1 fully saturated rings. The van der Waals surface area contributed by atoms with Crippen molar-refractivity contribution in [1.82, 2.24) is 10.6 Å². The molecule has 1 aliphatic carbocycles. The van der Waals surface area contributed by atoms with Crippen molar-refractivity contribution in [3.8, 4) is 0 Å². The van der Waals surface area contributed by atoms with Crippen LogP contribution in [0.3, 0.4) is 0 Å². The summed E-state index contributed by atoms with van der Waals surface area (Å²) in [4.78, 5) is 23.3. The molecular weight excluding hydrogens is 244 g/mol. The minimum absolute atomic E-state index is 0.168. The number of ether oxygens (including phenoxy) is 1. The lowest BCUT2D eigenvalue weighted by Gasteiger charge is -2.22. The molecule has 5 heteroatoms. The molecule has 0 heterocycles. The molecule has 1 aliphatic rings. The fourth-order valence-corrected chi connectivity index (χ4v) is 1.80. The van der Waals surface area contributed by atoms with Gasteiger partial charge in [-0.25, -0.2) is 4.79 Å². The lowest BCUT2D eigenvalue weighted by atomic mass is 10.1. The Kier molecular flexibility index (Phi) is 5.20. The summed E-state index contributed by atoms with van der Waals surface area (Å²) in [5.74, 6) is 1.10. The van der Waals surface area contributed by atoms with Gasteiger partial charge < -0.3 is 15.4 Å². The molecule has 0 bridgehead atoms. The van der Waals surface area contributed by atoms with Crippen LogP contribution in [-0.2, 0) is 9.53 Å². The lowest BCUT2D eigenvalue weighted by Crippen LogP contribution is -2.47. The molecule has 0 radical (unpaired) electrons. The van der Waals surface area contributed by atoms with Gasteiger partial charge in [0.2, 0.25) is 5.91 Å². The fraction of sp³-hybridized carbons (Fsp3) is 0.857. The van der Waals surface area contributed by atoms with E-state index >= 15 is 0 Å². The Morgan fingerprint density at radius 2 is 1.84 bits per heavy atom. The molecule has 0 aromatic heterocycles. The number of nitrogens with one attached hydrogen (secondary N) is 2. The van der Waals surface area contributed by atoms with Crippen LogP contribution in [0.1, 0.15) is 47.5 Å². The van der Waals surface area contributed by atoms with Crippen molar-refractivity contribution in [3.63, 3.8) is 0 Å². The summed E-state index contributed by atoms with van der Waals surface area (Å²) in [5, 5.41) is 5.39. The molecule has 2 unspecified atom stereocenters. The first-order valence-electron chi connectivity index (χ1n) is 6.96. The highest BCUT2D eigenvalue weighted by Crippen LogP contribution is 2.36. The molecule has 2 atom stereocenters. The normalized spacial score (nSPS) is 18.4. The van der Waals surface area contributed by atoms with Crippen molar-refractivity contribution in [1.29, 1.82) is 0 Å². The molecule has 0 aromatic rings. The van der Waals surface area contributed by atoms with E-state index < -0.39 is 17.7 Å². The van der Waals surface area contributed by atoms with Crippen molar-refractivity contribution in [3.05, 3.63) is 0 Å². The highest BCUT2D eigenvalue weighted by Gasteiger charge is 2.28. The second-order valence-electron chi connectivity index (χ2n) is 6.43. The predicted octanol–water partition coefficient (Wildman–Crippen LogP) is 2.06. The molecule has 110 valence electrons. The van der Waals surface area contributed by atoms with E-state index in [9.17, 15) is 9.59 Å². The van der Waals surface area contributed by atoms with E-state index in [4.69, 9.17) is 4.74 Å². The van der Waals surface area contributed by atoms with Crippen molar-refractivity contribution >= 4 is 12.0 Å². The highest BCUT2D eigenvalue weighted by molar-refractivity contribution is 5.85. The number of carbonyl (C=O) groups is 2. The third kappa shape index (κ3) is 6.45. The van der Waals surface area contributed by atoms with Gasteiger partial charge in [0.05, 0.1) is 0 Å². The van der Waals surface area contributed by atoms with E-state index in [0.29, 0.717) is 12.5 Å². The Labute approximate surface area is 115 Å². The number of alkyl carbamates (subject to hydrolysis) is 1. The molecule has 0 aromatic carbocycles. The molecule has 19 heavy (non-hydrogen) atoms. The Balaban J connectivity index is 2.25. The largest absolute Gasteiger partial charge is 0.444 e. The topological polar surface area (TPSA) is 67.4 Å². The first kappa shape index (κ1) is 15.8. The maximum absolute atomic E-state index is 11.8. The van der Waals surface area contributed by atoms with Crippen molar-refractivity contribution in [2.75, 3.05) is 6.54 Å². The second kappa shape index (κ2) is 6.26. The van der Waals surface area contributed by atoms with Crippen molar-refractivity contribution in [2.24, 2.45) is 11.8 Å². The van der Waals surface area contributed by atoms with Crippen molar-refractivity contribution < 1.29 is 14.3 Å². The SMILES string of the molecule is CC(NC(=O)OC(C)(C)C)C(=O)NCC(C)C1CC1. The molecule has 0 saturated heterocycles. The minimum atomic E-state index is -0.582. The summed E-state index contributed by atoms with van der Waals surface area (Å²) in [5.41, 5.74) is -0.555. The van der Waals surface area contributed by atoms with Crippen LogP contribution in [0.25, 0.3) is 0 Å². The van der Waals surface area contributed by atoms with Gasteiger partial charge in [-0.15, -0.1) is 0 Å². The molecule has 0 spiro atoms. The quantitative estimate of drug-likeness (QED) is 0.803. The Morgan fingerprint density at radius 1 is 1.26 bits per heavy atom. The molecule has 1 saturated carbocycles. The van der Waals surface area contributed by atoms with Crippen LogP contribution in [0, 0.1) is 11.8 Å². The number of hydrogen-bond acceptors (Lipinski definition) is 3. The molecule has 1 rings (SSSR count). The van der Waals surface area contributed by atoms with Gasteiger partial charge in [-0.2, -0.15) is 0 Å². The van der Waals surface area contributed by atoms with Crippen LogP contribution < -0.4 is 10.6 Å². The van der Waals surface area contributed by atoms with Crippen LogP contribution in [0.2, 0.25) is 0 Å². The molecular formula is C14H26N2O3. The molecule has 2 N–H and O–H groups in total. The maximum atomic E-state index is 11.8. The second-order valence-corrected chi connectivity index (χ2v) is 6.43. The Bertz CT molecular complexity index is 332. The summed E-state index contributed by atoms with van der Waals surface area (Å²) in [7, 11) is 0. The fourth-order valence-electron chi connectivity index (χ4n) is 1.80. The van der Waals surface area contributed by atoms with Gasteiger partial charge in [0, 0.05) is 6.54 Å². The monoisotopic (exact) mass is 270 g/mol. The van der Waals surface area contributed by atoms with E-state index in [-0.39, 0.29) is 5.91 Å². The number of hydrogen-bond donors (Lipinski definition) is 2. The summed E-state index contributed by atoms with van der Waals surface area (Å²) >= 11 is 0. The zero-order valence-corrected chi connectivity index (χ0v) is 12.6. The molecule has 5 nitrogen and oxygen atoms in total. The van der Waals surface area contributed by atoms with E-state index in [2.05, 4.69) is 17.6 Å². The van der Waals surface area contributed by atoms with Gasteiger partial charge in [0.25, 0.3) is 0 Å². The van der Waals surface area contributed by atoms with E-state index in [1.54, 1.807) is 27.7 Å². The summed E-state index contributed by atoms with van der Waals surface area (Å²) in [6.45, 7) is 9.83. The number of carbonyl (C=O) groups excluding carboxylic acids is 2. The zero-order valence-electron chi connectivity index (χ0n) is 12.6. The van der Waals surface area contributed by atoms with Crippen LogP contribution in [0.5, 0.6) is 0 Å². The predicted molar refractivity (Wildman–Crippen MR) is 73.7 cm³/mol. The van der Waals surface area contributed by atoms with Gasteiger partial charge in [-0.3, -0.25) is 4.79 Å². The summed E-state index contributed by atoms with van der Waals surface area (Å²) in [6.07, 6.45) is 1.97. The standard InChI is InChI=1S/C14H26N2O3/c1-9(11-6-7-11)8-15-12(17)10(2)16-13(18)19-14(3,4)5/h9-11H,6-8H2,1-5H3,(H,15,17)(H,16,18). The minimum Gasteiger partial charge on any atom is -0.444 e. The third-order valence-electron chi connectivity index (χ3n) is 3.15. The van der Waals surface area contributed by atoms with E-state index in [1.807, 2.05) is 0 Å². The van der Waals surface area contributed by atoms with Gasteiger partial charge in [-0.1, -0.05) is 6.92 Å². The summed E-state index contributed by atoms with van der Waals surface area (Å²) in [6, 6.07) is -0.582. The van der Waals surface area contributed by atoms with Crippen LogP contribution in [0.15, 0.2) is 0 Å². The maximum Gasteiger partial charge on any atom is 0.408 e. The zero-order chi connectivity index (χ0) is 14.6. The van der Waals surface area contributed by atoms with Crippen LogP contribution in [0.4, 0.5) is 4.79 Å². The molecule has 2 amide bonds. The first-order chi connectivity index (χ1) is 8.69. The number of amides is 2. The molecule has 0 aliphatic heterocycles. The van der Waals surface area contributed by atoms with Gasteiger partial charge in [0.1, 0.15) is 11.6 Å². The van der Waals surface area contributed by atoms with E-state index in [1.165, 1.54) is 12.8 Å². The average Bonchev–Trinajstić information content (AvgIpc) is 3.05. The average molecular weight is 270 g/mol. The smallest absolute Gasteiger partial charge is 0.408 e. The lowest BCUT2D eigenvalue weighted by molar-refractivity contribution is -0.123. The van der Waals surface area contributed by atoms with Crippen LogP contribution in [-0.4, -0.2) is 30.2 Å². The van der Waals surface area contributed by atoms with Crippen molar-refractivity contribution in [2.45, 2.75) is 59.1 Å². The van der Waals surface area contributed by atoms with Gasteiger partial charge in [-0.05, 0) is 52.4 Å².